The quantitative estimate of drug-likeness (QED) is 0.892. The van der Waals surface area contributed by atoms with E-state index in [1.807, 2.05) is 0 Å². The standard InChI is InChI=1S/C23H28N2O/c1-2-26-21-10-6-5-8-17(21)18-12-11-16-7-3-4-9-19-20-15-24-13-14-25(20)23(18)22(16)19/h5-6,8,10-12,19-20,24H,2-4,7,9,13-15H2,1H3. The molecule has 2 atom stereocenters. The van der Waals surface area contributed by atoms with E-state index in [1.165, 1.54) is 42.5 Å². The smallest absolute Gasteiger partial charge is 0.127 e. The number of rotatable bonds is 3. The van der Waals surface area contributed by atoms with E-state index >= 15 is 0 Å². The predicted molar refractivity (Wildman–Crippen MR) is 107 cm³/mol. The summed E-state index contributed by atoms with van der Waals surface area (Å²) in [5.74, 6) is 1.70. The fourth-order valence-electron chi connectivity index (χ4n) is 5.35. The summed E-state index contributed by atoms with van der Waals surface area (Å²) >= 11 is 0. The van der Waals surface area contributed by atoms with Gasteiger partial charge in [-0.15, -0.1) is 0 Å². The van der Waals surface area contributed by atoms with Crippen molar-refractivity contribution in [1.29, 1.82) is 0 Å². The normalized spacial score (nSPS) is 24.0. The first kappa shape index (κ1) is 16.2. The van der Waals surface area contributed by atoms with Gasteiger partial charge in [-0.05, 0) is 43.4 Å². The third-order valence-corrected chi connectivity index (χ3v) is 6.40. The fourth-order valence-corrected chi connectivity index (χ4v) is 5.35. The van der Waals surface area contributed by atoms with Crippen LogP contribution in [0, 0.1) is 0 Å². The van der Waals surface area contributed by atoms with Gasteiger partial charge in [0.05, 0.1) is 6.61 Å². The zero-order valence-electron chi connectivity index (χ0n) is 15.6. The van der Waals surface area contributed by atoms with E-state index in [2.05, 4.69) is 53.5 Å². The van der Waals surface area contributed by atoms with Crippen LogP contribution < -0.4 is 15.0 Å². The van der Waals surface area contributed by atoms with Crippen molar-refractivity contribution >= 4 is 5.69 Å². The number of hydrogen-bond acceptors (Lipinski definition) is 3. The van der Waals surface area contributed by atoms with Crippen LogP contribution in [0.3, 0.4) is 0 Å². The second-order valence-corrected chi connectivity index (χ2v) is 7.78. The van der Waals surface area contributed by atoms with Gasteiger partial charge in [0.1, 0.15) is 5.75 Å². The van der Waals surface area contributed by atoms with Crippen LogP contribution in [0.1, 0.15) is 43.2 Å². The number of benzene rings is 2. The van der Waals surface area contributed by atoms with Crippen LogP contribution in [0.4, 0.5) is 5.69 Å². The Kier molecular flexibility index (Phi) is 4.12. The highest BCUT2D eigenvalue weighted by Gasteiger charge is 2.42. The molecule has 0 saturated carbocycles. The van der Waals surface area contributed by atoms with Gasteiger partial charge < -0.3 is 15.0 Å². The Labute approximate surface area is 156 Å². The number of ether oxygens (including phenoxy) is 1. The number of piperazine rings is 1. The molecule has 2 aromatic carbocycles. The lowest BCUT2D eigenvalue weighted by Crippen LogP contribution is -2.50. The molecule has 0 amide bonds. The molecule has 136 valence electrons. The van der Waals surface area contributed by atoms with Crippen LogP contribution in [0.5, 0.6) is 5.75 Å². The Balaban J connectivity index is 1.72. The minimum atomic E-state index is 0.621. The van der Waals surface area contributed by atoms with Gasteiger partial charge in [0.2, 0.25) is 0 Å². The summed E-state index contributed by atoms with van der Waals surface area (Å²) in [5.41, 5.74) is 7.36. The lowest BCUT2D eigenvalue weighted by molar-refractivity contribution is 0.341. The van der Waals surface area contributed by atoms with Gasteiger partial charge in [-0.1, -0.05) is 36.8 Å². The molecule has 0 aromatic heterocycles. The molecular formula is C23H28N2O. The number of anilines is 1. The maximum absolute atomic E-state index is 5.98. The van der Waals surface area contributed by atoms with Gasteiger partial charge >= 0.3 is 0 Å². The highest BCUT2D eigenvalue weighted by Crippen LogP contribution is 2.52. The molecule has 1 saturated heterocycles. The zero-order valence-corrected chi connectivity index (χ0v) is 15.6. The van der Waals surface area contributed by atoms with Crippen LogP contribution in [0.2, 0.25) is 0 Å². The summed E-state index contributed by atoms with van der Waals surface area (Å²) in [6, 6.07) is 13.9. The molecule has 2 aliphatic heterocycles. The Bertz CT molecular complexity index is 816. The van der Waals surface area contributed by atoms with Gasteiger partial charge in [0.25, 0.3) is 0 Å². The third-order valence-electron chi connectivity index (χ3n) is 6.40. The Morgan fingerprint density at radius 1 is 1.12 bits per heavy atom. The zero-order chi connectivity index (χ0) is 17.5. The summed E-state index contributed by atoms with van der Waals surface area (Å²) in [6.07, 6.45) is 5.26. The Morgan fingerprint density at radius 3 is 2.96 bits per heavy atom. The topological polar surface area (TPSA) is 24.5 Å². The molecule has 0 bridgehead atoms. The molecule has 3 aliphatic rings. The van der Waals surface area contributed by atoms with E-state index in [0.29, 0.717) is 18.6 Å². The Morgan fingerprint density at radius 2 is 2.04 bits per heavy atom. The van der Waals surface area contributed by atoms with Crippen LogP contribution in [0.25, 0.3) is 11.1 Å². The molecule has 2 aromatic rings. The van der Waals surface area contributed by atoms with Gasteiger partial charge in [-0.3, -0.25) is 0 Å². The van der Waals surface area contributed by atoms with E-state index in [9.17, 15) is 0 Å². The number of para-hydroxylation sites is 1. The van der Waals surface area contributed by atoms with Crippen molar-refractivity contribution in [3.05, 3.63) is 47.5 Å². The Hall–Kier alpha value is -2.00. The minimum Gasteiger partial charge on any atom is -0.493 e. The van der Waals surface area contributed by atoms with E-state index in [4.69, 9.17) is 4.74 Å². The average molecular weight is 348 g/mol. The molecule has 1 aliphatic carbocycles. The van der Waals surface area contributed by atoms with Gasteiger partial charge in [0, 0.05) is 48.4 Å². The molecule has 26 heavy (non-hydrogen) atoms. The van der Waals surface area contributed by atoms with Crippen molar-refractivity contribution in [3.63, 3.8) is 0 Å². The van der Waals surface area contributed by atoms with Crippen LogP contribution in [0.15, 0.2) is 36.4 Å². The second-order valence-electron chi connectivity index (χ2n) is 7.78. The monoisotopic (exact) mass is 348 g/mol. The second kappa shape index (κ2) is 6.62. The molecule has 5 rings (SSSR count). The molecule has 0 spiro atoms. The molecule has 1 fully saturated rings. The number of aryl methyl sites for hydroxylation is 1. The van der Waals surface area contributed by atoms with E-state index in [1.54, 1.807) is 11.1 Å². The summed E-state index contributed by atoms with van der Waals surface area (Å²) in [6.45, 7) is 6.08. The summed E-state index contributed by atoms with van der Waals surface area (Å²) in [5, 5.41) is 3.64. The molecule has 0 radical (unpaired) electrons. The van der Waals surface area contributed by atoms with Crippen molar-refractivity contribution in [1.82, 2.24) is 5.32 Å². The molecule has 3 nitrogen and oxygen atoms in total. The highest BCUT2D eigenvalue weighted by molar-refractivity contribution is 5.87. The van der Waals surface area contributed by atoms with Crippen LogP contribution in [-0.4, -0.2) is 32.3 Å². The number of nitrogens with one attached hydrogen (secondary N) is 1. The first-order chi connectivity index (χ1) is 12.9. The van der Waals surface area contributed by atoms with Crippen LogP contribution >= 0.6 is 0 Å². The highest BCUT2D eigenvalue weighted by atomic mass is 16.5. The predicted octanol–water partition coefficient (Wildman–Crippen LogP) is 4.35. The van der Waals surface area contributed by atoms with Crippen molar-refractivity contribution in [2.45, 2.75) is 44.6 Å². The van der Waals surface area contributed by atoms with Crippen molar-refractivity contribution < 1.29 is 4.74 Å². The first-order valence-electron chi connectivity index (χ1n) is 10.2. The third kappa shape index (κ3) is 2.44. The van der Waals surface area contributed by atoms with E-state index in [-0.39, 0.29) is 0 Å². The molecule has 3 heteroatoms. The maximum Gasteiger partial charge on any atom is 0.127 e. The number of nitrogens with zero attached hydrogens (tertiary/aromatic N) is 1. The summed E-state index contributed by atoms with van der Waals surface area (Å²) in [7, 11) is 0. The van der Waals surface area contributed by atoms with Crippen LogP contribution in [-0.2, 0) is 6.42 Å². The fraction of sp³-hybridized carbons (Fsp3) is 0.478. The summed E-state index contributed by atoms with van der Waals surface area (Å²) in [4.78, 5) is 2.71. The first-order valence-corrected chi connectivity index (χ1v) is 10.2. The van der Waals surface area contributed by atoms with E-state index in [0.717, 1.165) is 25.4 Å². The van der Waals surface area contributed by atoms with Crippen molar-refractivity contribution in [3.8, 4) is 16.9 Å². The number of fused-ring (bicyclic) bond motifs is 3. The average Bonchev–Trinajstić information content (AvgIpc) is 2.86. The largest absolute Gasteiger partial charge is 0.493 e. The lowest BCUT2D eigenvalue weighted by atomic mass is 9.87. The minimum absolute atomic E-state index is 0.621. The van der Waals surface area contributed by atoms with Crippen molar-refractivity contribution in [2.24, 2.45) is 0 Å². The lowest BCUT2D eigenvalue weighted by Gasteiger charge is -2.36. The van der Waals surface area contributed by atoms with E-state index < -0.39 is 0 Å². The molecule has 2 heterocycles. The summed E-state index contributed by atoms with van der Waals surface area (Å²) < 4.78 is 5.98. The van der Waals surface area contributed by atoms with Gasteiger partial charge in [-0.25, -0.2) is 0 Å². The van der Waals surface area contributed by atoms with Gasteiger partial charge in [-0.2, -0.15) is 0 Å². The maximum atomic E-state index is 5.98. The van der Waals surface area contributed by atoms with Gasteiger partial charge in [0.15, 0.2) is 0 Å². The molecule has 2 unspecified atom stereocenters. The van der Waals surface area contributed by atoms with Crippen molar-refractivity contribution in [2.75, 3.05) is 31.1 Å². The number of hydrogen-bond donors (Lipinski definition) is 1. The SMILES string of the molecule is CCOc1ccccc1-c1ccc2c3c1N1CCNCC1C3CCCC2. The molecule has 1 N–H and O–H groups in total. The molecular weight excluding hydrogens is 320 g/mol.